The van der Waals surface area contributed by atoms with Crippen molar-refractivity contribution in [3.05, 3.63) is 11.1 Å². The SMILES string of the molecule is C[C@@H](SC(F)(F)F)C(=O)Nc1nc(C(C)(C)C)cs1. The maximum atomic E-state index is 12.1. The Labute approximate surface area is 118 Å². The van der Waals surface area contributed by atoms with Gasteiger partial charge in [-0.3, -0.25) is 4.79 Å². The van der Waals surface area contributed by atoms with E-state index in [1.807, 2.05) is 20.8 Å². The van der Waals surface area contributed by atoms with Crippen molar-refractivity contribution in [2.75, 3.05) is 5.32 Å². The van der Waals surface area contributed by atoms with Crippen LogP contribution in [0, 0.1) is 0 Å². The molecule has 1 rings (SSSR count). The van der Waals surface area contributed by atoms with Crippen LogP contribution in [0.15, 0.2) is 5.38 Å². The molecule has 0 aliphatic rings. The van der Waals surface area contributed by atoms with E-state index in [4.69, 9.17) is 0 Å². The van der Waals surface area contributed by atoms with Crippen LogP contribution in [-0.2, 0) is 10.2 Å². The predicted octanol–water partition coefficient (Wildman–Crippen LogP) is 4.02. The van der Waals surface area contributed by atoms with Gasteiger partial charge in [-0.2, -0.15) is 13.2 Å². The first-order valence-electron chi connectivity index (χ1n) is 5.50. The van der Waals surface area contributed by atoms with Crippen molar-refractivity contribution >= 4 is 34.1 Å². The summed E-state index contributed by atoms with van der Waals surface area (Å²) < 4.78 is 36.4. The number of carbonyl (C=O) groups is 1. The number of rotatable bonds is 3. The van der Waals surface area contributed by atoms with E-state index in [1.54, 1.807) is 5.38 Å². The minimum Gasteiger partial charge on any atom is -0.301 e. The van der Waals surface area contributed by atoms with Gasteiger partial charge in [0.2, 0.25) is 5.91 Å². The van der Waals surface area contributed by atoms with Crippen molar-refractivity contribution in [1.29, 1.82) is 0 Å². The molecule has 0 saturated carbocycles. The molecular weight excluding hydrogens is 297 g/mol. The van der Waals surface area contributed by atoms with Gasteiger partial charge in [0.1, 0.15) is 0 Å². The van der Waals surface area contributed by atoms with E-state index in [9.17, 15) is 18.0 Å². The molecule has 0 radical (unpaired) electrons. The van der Waals surface area contributed by atoms with E-state index in [2.05, 4.69) is 10.3 Å². The molecule has 1 atom stereocenters. The molecule has 0 spiro atoms. The zero-order chi connectivity index (χ0) is 14.8. The fraction of sp³-hybridized carbons (Fsp3) is 0.636. The molecule has 0 aliphatic carbocycles. The Morgan fingerprint density at radius 2 is 2.00 bits per heavy atom. The molecule has 3 nitrogen and oxygen atoms in total. The third-order valence-electron chi connectivity index (χ3n) is 2.18. The fourth-order valence-corrected chi connectivity index (χ4v) is 2.64. The van der Waals surface area contributed by atoms with E-state index in [-0.39, 0.29) is 17.2 Å². The summed E-state index contributed by atoms with van der Waals surface area (Å²) in [7, 11) is 0. The van der Waals surface area contributed by atoms with Crippen LogP contribution in [0.5, 0.6) is 0 Å². The zero-order valence-electron chi connectivity index (χ0n) is 11.0. The monoisotopic (exact) mass is 312 g/mol. The van der Waals surface area contributed by atoms with Crippen LogP contribution in [0.25, 0.3) is 0 Å². The Hall–Kier alpha value is -0.760. The Kier molecular flexibility index (Phi) is 4.89. The van der Waals surface area contributed by atoms with Crippen molar-refractivity contribution in [3.63, 3.8) is 0 Å². The number of thiazole rings is 1. The van der Waals surface area contributed by atoms with E-state index in [1.165, 1.54) is 18.3 Å². The summed E-state index contributed by atoms with van der Waals surface area (Å²) in [5, 5.41) is 3.31. The average Bonchev–Trinajstić information content (AvgIpc) is 2.62. The van der Waals surface area contributed by atoms with E-state index < -0.39 is 16.7 Å². The molecule has 0 aromatic carbocycles. The predicted molar refractivity (Wildman–Crippen MR) is 72.6 cm³/mol. The molecule has 0 saturated heterocycles. The molecule has 0 bridgehead atoms. The lowest BCUT2D eigenvalue weighted by Gasteiger charge is -2.14. The molecule has 1 aromatic rings. The van der Waals surface area contributed by atoms with Gasteiger partial charge in [0.05, 0.1) is 10.9 Å². The summed E-state index contributed by atoms with van der Waals surface area (Å²) in [5.41, 5.74) is -3.79. The Morgan fingerprint density at radius 1 is 1.42 bits per heavy atom. The van der Waals surface area contributed by atoms with Crippen LogP contribution < -0.4 is 5.32 Å². The van der Waals surface area contributed by atoms with Crippen molar-refractivity contribution in [2.24, 2.45) is 0 Å². The normalized spacial score (nSPS) is 14.3. The van der Waals surface area contributed by atoms with Gasteiger partial charge in [-0.1, -0.05) is 20.8 Å². The summed E-state index contributed by atoms with van der Waals surface area (Å²) in [6.45, 7) is 7.12. The number of halogens is 3. The highest BCUT2D eigenvalue weighted by molar-refractivity contribution is 8.01. The second kappa shape index (κ2) is 5.70. The standard InChI is InChI=1S/C11H15F3N2OS2/c1-6(19-11(12,13)14)8(17)16-9-15-7(5-18-9)10(2,3)4/h5-6H,1-4H3,(H,15,16,17)/t6-/m1/s1. The quantitative estimate of drug-likeness (QED) is 0.916. The van der Waals surface area contributed by atoms with E-state index in [0.717, 1.165) is 5.69 Å². The molecule has 1 N–H and O–H groups in total. The van der Waals surface area contributed by atoms with Gasteiger partial charge in [-0.05, 0) is 18.7 Å². The van der Waals surface area contributed by atoms with Gasteiger partial charge in [0.25, 0.3) is 0 Å². The minimum atomic E-state index is -4.42. The third-order valence-corrected chi connectivity index (χ3v) is 3.77. The summed E-state index contributed by atoms with van der Waals surface area (Å²) >= 11 is 0.868. The average molecular weight is 312 g/mol. The number of nitrogens with zero attached hydrogens (tertiary/aromatic N) is 1. The number of amides is 1. The minimum absolute atomic E-state index is 0.161. The van der Waals surface area contributed by atoms with E-state index in [0.29, 0.717) is 5.13 Å². The third kappa shape index (κ3) is 5.40. The van der Waals surface area contributed by atoms with Crippen molar-refractivity contribution in [1.82, 2.24) is 4.98 Å². The second-order valence-electron chi connectivity index (χ2n) is 4.98. The molecule has 0 aliphatic heterocycles. The highest BCUT2D eigenvalue weighted by Gasteiger charge is 2.34. The topological polar surface area (TPSA) is 42.0 Å². The van der Waals surface area contributed by atoms with Gasteiger partial charge in [-0.15, -0.1) is 11.3 Å². The Morgan fingerprint density at radius 3 is 2.42 bits per heavy atom. The van der Waals surface area contributed by atoms with Crippen LogP contribution in [0.3, 0.4) is 0 Å². The van der Waals surface area contributed by atoms with Gasteiger partial charge < -0.3 is 5.32 Å². The number of carbonyl (C=O) groups excluding carboxylic acids is 1. The number of alkyl halides is 3. The molecule has 1 amide bonds. The molecule has 0 fully saturated rings. The first-order valence-corrected chi connectivity index (χ1v) is 7.26. The summed E-state index contributed by atoms with van der Waals surface area (Å²) in [4.78, 5) is 15.8. The Bertz CT molecular complexity index is 452. The van der Waals surface area contributed by atoms with Crippen LogP contribution in [0.2, 0.25) is 0 Å². The highest BCUT2D eigenvalue weighted by atomic mass is 32.2. The van der Waals surface area contributed by atoms with Crippen LogP contribution in [-0.4, -0.2) is 21.6 Å². The molecule has 1 aromatic heterocycles. The number of aromatic nitrogens is 1. The molecule has 108 valence electrons. The molecule has 1 heterocycles. The number of thioether (sulfide) groups is 1. The summed E-state index contributed by atoms with van der Waals surface area (Å²) in [6.07, 6.45) is 0. The van der Waals surface area contributed by atoms with Crippen LogP contribution in [0.4, 0.5) is 18.3 Å². The van der Waals surface area contributed by atoms with Crippen molar-refractivity contribution in [3.8, 4) is 0 Å². The van der Waals surface area contributed by atoms with Crippen LogP contribution >= 0.6 is 23.1 Å². The number of hydrogen-bond acceptors (Lipinski definition) is 4. The van der Waals surface area contributed by atoms with Gasteiger partial charge in [0, 0.05) is 10.8 Å². The lowest BCUT2D eigenvalue weighted by atomic mass is 9.93. The Balaban J connectivity index is 2.65. The molecule has 19 heavy (non-hydrogen) atoms. The second-order valence-corrected chi connectivity index (χ2v) is 7.25. The maximum absolute atomic E-state index is 12.1. The zero-order valence-corrected chi connectivity index (χ0v) is 12.6. The van der Waals surface area contributed by atoms with Gasteiger partial charge in [-0.25, -0.2) is 4.98 Å². The number of nitrogens with one attached hydrogen (secondary N) is 1. The molecular formula is C11H15F3N2OS2. The lowest BCUT2D eigenvalue weighted by Crippen LogP contribution is -2.25. The lowest BCUT2D eigenvalue weighted by molar-refractivity contribution is -0.115. The summed E-state index contributed by atoms with van der Waals surface area (Å²) in [6, 6.07) is 0. The smallest absolute Gasteiger partial charge is 0.301 e. The maximum Gasteiger partial charge on any atom is 0.442 e. The number of anilines is 1. The molecule has 0 unspecified atom stereocenters. The van der Waals surface area contributed by atoms with Gasteiger partial charge >= 0.3 is 5.51 Å². The first kappa shape index (κ1) is 16.3. The largest absolute Gasteiger partial charge is 0.442 e. The van der Waals surface area contributed by atoms with Gasteiger partial charge in [0.15, 0.2) is 5.13 Å². The fourth-order valence-electron chi connectivity index (χ4n) is 1.14. The van der Waals surface area contributed by atoms with Crippen LogP contribution in [0.1, 0.15) is 33.4 Å². The van der Waals surface area contributed by atoms with Crippen molar-refractivity contribution < 1.29 is 18.0 Å². The summed E-state index contributed by atoms with van der Waals surface area (Å²) in [5.74, 6) is -0.697. The highest BCUT2D eigenvalue weighted by Crippen LogP contribution is 2.34. The van der Waals surface area contributed by atoms with E-state index >= 15 is 0 Å². The van der Waals surface area contributed by atoms with Crippen molar-refractivity contribution in [2.45, 2.75) is 43.9 Å². The first-order chi connectivity index (χ1) is 8.49. The molecule has 8 heteroatoms. The number of hydrogen-bond donors (Lipinski definition) is 1.